The molecule has 2 atom stereocenters. The molecule has 1 aliphatic rings. The molecule has 3 N–H and O–H groups in total. The molecule has 0 aromatic rings. The number of rotatable bonds is 2. The second-order valence-corrected chi connectivity index (χ2v) is 2.03. The number of aliphatic hydroxyl groups is 1. The minimum atomic E-state index is -0.538. The van der Waals surface area contributed by atoms with Gasteiger partial charge in [0.1, 0.15) is 6.10 Å². The van der Waals surface area contributed by atoms with Crippen LogP contribution in [0.3, 0.4) is 0 Å². The standard InChI is InChI=1S/C6H11NO2/c7-4-5(8)6-2-1-3-9-6/h1-2,5-6,8H,3-4,7H2/t5-,6-/m0/s1. The van der Waals surface area contributed by atoms with Crippen LogP contribution < -0.4 is 5.73 Å². The lowest BCUT2D eigenvalue weighted by molar-refractivity contribution is 0.0185. The number of hydrogen-bond donors (Lipinski definition) is 2. The second kappa shape index (κ2) is 2.96. The zero-order valence-electron chi connectivity index (χ0n) is 5.16. The lowest BCUT2D eigenvalue weighted by Gasteiger charge is -2.13. The maximum atomic E-state index is 9.06. The van der Waals surface area contributed by atoms with E-state index in [2.05, 4.69) is 0 Å². The molecule has 0 aromatic heterocycles. The van der Waals surface area contributed by atoms with Crippen molar-refractivity contribution in [3.63, 3.8) is 0 Å². The van der Waals surface area contributed by atoms with Gasteiger partial charge < -0.3 is 15.6 Å². The van der Waals surface area contributed by atoms with Gasteiger partial charge in [0.25, 0.3) is 0 Å². The van der Waals surface area contributed by atoms with Crippen LogP contribution in [0.4, 0.5) is 0 Å². The third-order valence-electron chi connectivity index (χ3n) is 1.33. The van der Waals surface area contributed by atoms with Gasteiger partial charge in [0.05, 0.1) is 12.7 Å². The van der Waals surface area contributed by atoms with Crippen molar-refractivity contribution in [2.24, 2.45) is 5.73 Å². The monoisotopic (exact) mass is 129 g/mol. The van der Waals surface area contributed by atoms with Crippen LogP contribution >= 0.6 is 0 Å². The smallest absolute Gasteiger partial charge is 0.103 e. The van der Waals surface area contributed by atoms with Crippen LogP contribution in [0.2, 0.25) is 0 Å². The van der Waals surface area contributed by atoms with Crippen LogP contribution in [0.25, 0.3) is 0 Å². The van der Waals surface area contributed by atoms with Crippen LogP contribution in [-0.2, 0) is 4.74 Å². The van der Waals surface area contributed by atoms with E-state index >= 15 is 0 Å². The predicted octanol–water partition coefficient (Wildman–Crippen LogP) is -0.739. The Balaban J connectivity index is 2.33. The maximum Gasteiger partial charge on any atom is 0.103 e. The molecule has 0 aliphatic carbocycles. The Kier molecular flexibility index (Phi) is 2.22. The van der Waals surface area contributed by atoms with Gasteiger partial charge in [-0.2, -0.15) is 0 Å². The third-order valence-corrected chi connectivity index (χ3v) is 1.33. The summed E-state index contributed by atoms with van der Waals surface area (Å²) in [4.78, 5) is 0. The van der Waals surface area contributed by atoms with Crippen molar-refractivity contribution in [2.75, 3.05) is 13.2 Å². The molecule has 0 fully saturated rings. The first-order valence-corrected chi connectivity index (χ1v) is 3.01. The molecule has 1 rings (SSSR count). The molecule has 3 heteroatoms. The van der Waals surface area contributed by atoms with Gasteiger partial charge in [0, 0.05) is 6.54 Å². The Bertz CT molecular complexity index is 114. The van der Waals surface area contributed by atoms with Gasteiger partial charge >= 0.3 is 0 Å². The average Bonchev–Trinajstić information content (AvgIpc) is 2.37. The first kappa shape index (κ1) is 6.74. The topological polar surface area (TPSA) is 55.5 Å². The third kappa shape index (κ3) is 1.51. The molecule has 0 spiro atoms. The summed E-state index contributed by atoms with van der Waals surface area (Å²) in [6.45, 7) is 0.858. The maximum absolute atomic E-state index is 9.06. The Hall–Kier alpha value is -0.380. The first-order chi connectivity index (χ1) is 4.34. The summed E-state index contributed by atoms with van der Waals surface area (Å²) in [5, 5.41) is 9.06. The van der Waals surface area contributed by atoms with Crippen molar-refractivity contribution in [3.05, 3.63) is 12.2 Å². The molecule has 0 radical (unpaired) electrons. The van der Waals surface area contributed by atoms with E-state index in [0.717, 1.165) is 0 Å². The van der Waals surface area contributed by atoms with Crippen molar-refractivity contribution in [1.82, 2.24) is 0 Å². The van der Waals surface area contributed by atoms with Crippen LogP contribution in [0.5, 0.6) is 0 Å². The van der Waals surface area contributed by atoms with E-state index in [-0.39, 0.29) is 12.6 Å². The largest absolute Gasteiger partial charge is 0.389 e. The van der Waals surface area contributed by atoms with Gasteiger partial charge in [-0.05, 0) is 0 Å². The van der Waals surface area contributed by atoms with E-state index in [4.69, 9.17) is 15.6 Å². The number of aliphatic hydroxyl groups excluding tert-OH is 1. The summed E-state index contributed by atoms with van der Waals surface area (Å²) in [5.41, 5.74) is 5.19. The highest BCUT2D eigenvalue weighted by atomic mass is 16.5. The fraction of sp³-hybridized carbons (Fsp3) is 0.667. The molecular formula is C6H11NO2. The molecule has 0 amide bonds. The van der Waals surface area contributed by atoms with Crippen LogP contribution in [0.15, 0.2) is 12.2 Å². The Morgan fingerprint density at radius 3 is 3.11 bits per heavy atom. The molecule has 3 nitrogen and oxygen atoms in total. The fourth-order valence-corrected chi connectivity index (χ4v) is 0.785. The number of nitrogens with two attached hydrogens (primary N) is 1. The minimum absolute atomic E-state index is 0.171. The minimum Gasteiger partial charge on any atom is -0.389 e. The zero-order valence-corrected chi connectivity index (χ0v) is 5.16. The van der Waals surface area contributed by atoms with Crippen LogP contribution in [0, 0.1) is 0 Å². The average molecular weight is 129 g/mol. The predicted molar refractivity (Wildman–Crippen MR) is 33.9 cm³/mol. The van der Waals surface area contributed by atoms with E-state index in [1.807, 2.05) is 12.2 Å². The van der Waals surface area contributed by atoms with Crippen molar-refractivity contribution < 1.29 is 9.84 Å². The van der Waals surface area contributed by atoms with Crippen molar-refractivity contribution in [1.29, 1.82) is 0 Å². The van der Waals surface area contributed by atoms with Crippen molar-refractivity contribution >= 4 is 0 Å². The summed E-state index contributed by atoms with van der Waals surface area (Å²) < 4.78 is 5.06. The van der Waals surface area contributed by atoms with Crippen LogP contribution in [-0.4, -0.2) is 30.5 Å². The number of ether oxygens (including phenoxy) is 1. The van der Waals surface area contributed by atoms with E-state index in [1.54, 1.807) is 0 Å². The summed E-state index contributed by atoms with van der Waals surface area (Å²) >= 11 is 0. The van der Waals surface area contributed by atoms with Crippen molar-refractivity contribution in [3.8, 4) is 0 Å². The summed E-state index contributed by atoms with van der Waals surface area (Å²) in [6.07, 6.45) is 3.00. The highest BCUT2D eigenvalue weighted by Gasteiger charge is 2.17. The SMILES string of the molecule is NC[C@H](O)[C@@H]1C=CCO1. The fourth-order valence-electron chi connectivity index (χ4n) is 0.785. The van der Waals surface area contributed by atoms with Gasteiger partial charge in [-0.3, -0.25) is 0 Å². The molecule has 1 heterocycles. The van der Waals surface area contributed by atoms with Gasteiger partial charge in [0.15, 0.2) is 0 Å². The van der Waals surface area contributed by atoms with Gasteiger partial charge in [-0.15, -0.1) is 0 Å². The van der Waals surface area contributed by atoms with Crippen LogP contribution in [0.1, 0.15) is 0 Å². The normalized spacial score (nSPS) is 28.9. The molecular weight excluding hydrogens is 118 g/mol. The zero-order chi connectivity index (χ0) is 6.69. The molecule has 0 bridgehead atoms. The summed E-state index contributed by atoms with van der Waals surface area (Å²) in [7, 11) is 0. The first-order valence-electron chi connectivity index (χ1n) is 3.01. The number of hydrogen-bond acceptors (Lipinski definition) is 3. The molecule has 0 unspecified atom stereocenters. The molecule has 1 aliphatic heterocycles. The molecule has 0 saturated heterocycles. The van der Waals surface area contributed by atoms with E-state index in [9.17, 15) is 0 Å². The Labute approximate surface area is 54.1 Å². The molecule has 52 valence electrons. The lowest BCUT2D eigenvalue weighted by Crippen LogP contribution is -2.32. The van der Waals surface area contributed by atoms with Gasteiger partial charge in [0.2, 0.25) is 0 Å². The van der Waals surface area contributed by atoms with E-state index < -0.39 is 6.10 Å². The Morgan fingerprint density at radius 2 is 2.67 bits per heavy atom. The van der Waals surface area contributed by atoms with E-state index in [1.165, 1.54) is 0 Å². The van der Waals surface area contributed by atoms with E-state index in [0.29, 0.717) is 6.61 Å². The van der Waals surface area contributed by atoms with Gasteiger partial charge in [-0.1, -0.05) is 12.2 Å². The molecule has 9 heavy (non-hydrogen) atoms. The second-order valence-electron chi connectivity index (χ2n) is 2.03. The van der Waals surface area contributed by atoms with Crippen molar-refractivity contribution in [2.45, 2.75) is 12.2 Å². The Morgan fingerprint density at radius 1 is 1.89 bits per heavy atom. The highest BCUT2D eigenvalue weighted by molar-refractivity contribution is 4.99. The molecule has 0 saturated carbocycles. The van der Waals surface area contributed by atoms with Gasteiger partial charge in [-0.25, -0.2) is 0 Å². The molecule has 0 aromatic carbocycles. The summed E-state index contributed by atoms with van der Waals surface area (Å²) in [6, 6.07) is 0. The highest BCUT2D eigenvalue weighted by Crippen LogP contribution is 2.06. The quantitative estimate of drug-likeness (QED) is 0.483. The lowest BCUT2D eigenvalue weighted by atomic mass is 10.2. The summed E-state index contributed by atoms with van der Waals surface area (Å²) in [5.74, 6) is 0.